The van der Waals surface area contributed by atoms with Gasteiger partial charge in [0.05, 0.1) is 12.2 Å². The SMILES string of the molecule is CC(C)OC(=O)COC1CCCCC1C. The fraction of sp³-hybridized carbons (Fsp3) is 0.917. The van der Waals surface area contributed by atoms with Crippen LogP contribution in [0.2, 0.25) is 0 Å². The molecule has 2 atom stereocenters. The van der Waals surface area contributed by atoms with Gasteiger partial charge >= 0.3 is 5.97 Å². The fourth-order valence-electron chi connectivity index (χ4n) is 2.00. The summed E-state index contributed by atoms with van der Waals surface area (Å²) in [4.78, 5) is 11.3. The number of ether oxygens (including phenoxy) is 2. The normalized spacial score (nSPS) is 26.7. The Balaban J connectivity index is 2.20. The molecule has 0 aromatic heterocycles. The molecular weight excluding hydrogens is 192 g/mol. The third kappa shape index (κ3) is 4.65. The van der Waals surface area contributed by atoms with Crippen LogP contribution in [0.15, 0.2) is 0 Å². The Morgan fingerprint density at radius 1 is 1.33 bits per heavy atom. The summed E-state index contributed by atoms with van der Waals surface area (Å²) in [7, 11) is 0. The first-order valence-corrected chi connectivity index (χ1v) is 5.90. The summed E-state index contributed by atoms with van der Waals surface area (Å²) >= 11 is 0. The molecular formula is C12H22O3. The molecule has 15 heavy (non-hydrogen) atoms. The van der Waals surface area contributed by atoms with Gasteiger partial charge in [-0.1, -0.05) is 19.8 Å². The lowest BCUT2D eigenvalue weighted by molar-refractivity contribution is -0.156. The summed E-state index contributed by atoms with van der Waals surface area (Å²) in [5.74, 6) is 0.327. The van der Waals surface area contributed by atoms with Crippen LogP contribution >= 0.6 is 0 Å². The summed E-state index contributed by atoms with van der Waals surface area (Å²) in [6.07, 6.45) is 4.99. The molecule has 3 heteroatoms. The maximum absolute atomic E-state index is 11.3. The lowest BCUT2D eigenvalue weighted by Gasteiger charge is -2.28. The van der Waals surface area contributed by atoms with Gasteiger partial charge in [0.15, 0.2) is 0 Å². The van der Waals surface area contributed by atoms with Crippen LogP contribution in [0.5, 0.6) is 0 Å². The fourth-order valence-corrected chi connectivity index (χ4v) is 2.00. The minimum absolute atomic E-state index is 0.0510. The van der Waals surface area contributed by atoms with E-state index in [9.17, 15) is 4.79 Å². The molecule has 1 aliphatic carbocycles. The molecule has 0 amide bonds. The average molecular weight is 214 g/mol. The van der Waals surface area contributed by atoms with Crippen LogP contribution in [0.1, 0.15) is 46.5 Å². The Kier molecular flexibility index (Phi) is 5.09. The highest BCUT2D eigenvalue weighted by Gasteiger charge is 2.22. The first kappa shape index (κ1) is 12.5. The Hall–Kier alpha value is -0.570. The van der Waals surface area contributed by atoms with Gasteiger partial charge in [-0.3, -0.25) is 0 Å². The van der Waals surface area contributed by atoms with Crippen LogP contribution in [0, 0.1) is 5.92 Å². The van der Waals surface area contributed by atoms with Gasteiger partial charge in [0.1, 0.15) is 6.61 Å². The summed E-state index contributed by atoms with van der Waals surface area (Å²) < 4.78 is 10.6. The monoisotopic (exact) mass is 214 g/mol. The standard InChI is InChI=1S/C12H22O3/c1-9(2)15-12(13)8-14-11-7-5-4-6-10(11)3/h9-11H,4-8H2,1-3H3. The number of esters is 1. The van der Waals surface area contributed by atoms with E-state index in [2.05, 4.69) is 6.92 Å². The topological polar surface area (TPSA) is 35.5 Å². The van der Waals surface area contributed by atoms with Gasteiger partial charge in [-0.2, -0.15) is 0 Å². The second-order valence-electron chi connectivity index (χ2n) is 4.65. The van der Waals surface area contributed by atoms with Crippen molar-refractivity contribution in [3.63, 3.8) is 0 Å². The van der Waals surface area contributed by atoms with Crippen molar-refractivity contribution in [2.75, 3.05) is 6.61 Å². The van der Waals surface area contributed by atoms with Crippen molar-refractivity contribution in [1.82, 2.24) is 0 Å². The van der Waals surface area contributed by atoms with Crippen LogP contribution in [0.25, 0.3) is 0 Å². The maximum atomic E-state index is 11.3. The molecule has 0 aromatic carbocycles. The van der Waals surface area contributed by atoms with Gasteiger partial charge in [0, 0.05) is 0 Å². The molecule has 1 saturated carbocycles. The molecule has 1 rings (SSSR count). The molecule has 0 radical (unpaired) electrons. The Labute approximate surface area is 92.1 Å². The van der Waals surface area contributed by atoms with E-state index in [1.807, 2.05) is 13.8 Å². The highest BCUT2D eigenvalue weighted by atomic mass is 16.6. The summed E-state index contributed by atoms with van der Waals surface area (Å²) in [6.45, 7) is 5.99. The van der Waals surface area contributed by atoms with Gasteiger partial charge in [0.25, 0.3) is 0 Å². The minimum atomic E-state index is -0.247. The van der Waals surface area contributed by atoms with Gasteiger partial charge in [-0.15, -0.1) is 0 Å². The molecule has 1 fully saturated rings. The van der Waals surface area contributed by atoms with Crippen molar-refractivity contribution >= 4 is 5.97 Å². The van der Waals surface area contributed by atoms with E-state index in [1.54, 1.807) is 0 Å². The van der Waals surface area contributed by atoms with Crippen molar-refractivity contribution in [2.45, 2.75) is 58.7 Å². The van der Waals surface area contributed by atoms with E-state index in [4.69, 9.17) is 9.47 Å². The van der Waals surface area contributed by atoms with Gasteiger partial charge < -0.3 is 9.47 Å². The highest BCUT2D eigenvalue weighted by Crippen LogP contribution is 2.26. The number of carbonyl (C=O) groups excluding carboxylic acids is 1. The largest absolute Gasteiger partial charge is 0.461 e. The Bertz CT molecular complexity index is 201. The summed E-state index contributed by atoms with van der Waals surface area (Å²) in [5, 5.41) is 0. The lowest BCUT2D eigenvalue weighted by atomic mass is 9.88. The summed E-state index contributed by atoms with van der Waals surface area (Å²) in [5.41, 5.74) is 0. The number of rotatable bonds is 4. The van der Waals surface area contributed by atoms with E-state index in [0.717, 1.165) is 6.42 Å². The number of hydrogen-bond donors (Lipinski definition) is 0. The third-order valence-corrected chi connectivity index (χ3v) is 2.82. The van der Waals surface area contributed by atoms with Crippen LogP contribution < -0.4 is 0 Å². The van der Waals surface area contributed by atoms with Crippen molar-refractivity contribution < 1.29 is 14.3 Å². The second-order valence-corrected chi connectivity index (χ2v) is 4.65. The molecule has 0 aromatic rings. The second kappa shape index (κ2) is 6.11. The highest BCUT2D eigenvalue weighted by molar-refractivity contribution is 5.70. The molecule has 88 valence electrons. The molecule has 1 aliphatic rings. The first-order chi connectivity index (χ1) is 7.09. The third-order valence-electron chi connectivity index (χ3n) is 2.82. The Morgan fingerprint density at radius 2 is 2.00 bits per heavy atom. The van der Waals surface area contributed by atoms with Crippen molar-refractivity contribution in [3.8, 4) is 0 Å². The molecule has 0 aliphatic heterocycles. The zero-order chi connectivity index (χ0) is 11.3. The van der Waals surface area contributed by atoms with Crippen LogP contribution in [0.3, 0.4) is 0 Å². The van der Waals surface area contributed by atoms with Gasteiger partial charge in [-0.25, -0.2) is 4.79 Å². The van der Waals surface area contributed by atoms with E-state index in [1.165, 1.54) is 19.3 Å². The van der Waals surface area contributed by atoms with E-state index < -0.39 is 0 Å². The van der Waals surface area contributed by atoms with Crippen molar-refractivity contribution in [2.24, 2.45) is 5.92 Å². The maximum Gasteiger partial charge on any atom is 0.332 e. The van der Waals surface area contributed by atoms with Crippen LogP contribution in [0.4, 0.5) is 0 Å². The number of hydrogen-bond acceptors (Lipinski definition) is 3. The minimum Gasteiger partial charge on any atom is -0.461 e. The smallest absolute Gasteiger partial charge is 0.332 e. The van der Waals surface area contributed by atoms with Gasteiger partial charge in [0.2, 0.25) is 0 Å². The quantitative estimate of drug-likeness (QED) is 0.675. The Morgan fingerprint density at radius 3 is 2.60 bits per heavy atom. The molecule has 0 N–H and O–H groups in total. The van der Waals surface area contributed by atoms with Crippen LogP contribution in [-0.4, -0.2) is 24.8 Å². The average Bonchev–Trinajstić information content (AvgIpc) is 2.15. The van der Waals surface area contributed by atoms with E-state index in [-0.39, 0.29) is 24.8 Å². The molecule has 0 spiro atoms. The predicted octanol–water partition coefficient (Wildman–Crippen LogP) is 2.53. The lowest BCUT2D eigenvalue weighted by Crippen LogP contribution is -2.29. The zero-order valence-corrected chi connectivity index (χ0v) is 9.99. The molecule has 2 unspecified atom stereocenters. The summed E-state index contributed by atoms with van der Waals surface area (Å²) in [6, 6.07) is 0. The van der Waals surface area contributed by atoms with Crippen LogP contribution in [-0.2, 0) is 14.3 Å². The number of carbonyl (C=O) groups is 1. The van der Waals surface area contributed by atoms with Crippen molar-refractivity contribution in [3.05, 3.63) is 0 Å². The van der Waals surface area contributed by atoms with Crippen molar-refractivity contribution in [1.29, 1.82) is 0 Å². The molecule has 0 saturated heterocycles. The molecule has 3 nitrogen and oxygen atoms in total. The van der Waals surface area contributed by atoms with E-state index in [0.29, 0.717) is 5.92 Å². The van der Waals surface area contributed by atoms with E-state index >= 15 is 0 Å². The first-order valence-electron chi connectivity index (χ1n) is 5.90. The zero-order valence-electron chi connectivity index (χ0n) is 9.99. The molecule has 0 heterocycles. The molecule has 0 bridgehead atoms. The predicted molar refractivity (Wildman–Crippen MR) is 58.6 cm³/mol. The van der Waals surface area contributed by atoms with Gasteiger partial charge in [-0.05, 0) is 32.6 Å².